The zero-order valence-corrected chi connectivity index (χ0v) is 24.9. The molecule has 2 heterocycles. The summed E-state index contributed by atoms with van der Waals surface area (Å²) in [6.45, 7) is 6.23. The van der Waals surface area contributed by atoms with Crippen LogP contribution in [0, 0.1) is 5.92 Å². The molecule has 2 aliphatic heterocycles. The average Bonchev–Trinajstić information content (AvgIpc) is 3.58. The fourth-order valence-corrected chi connectivity index (χ4v) is 6.37. The number of rotatable bonds is 26. The molecule has 0 spiro atoms. The maximum absolute atomic E-state index is 6.01. The minimum atomic E-state index is 0.361. The molecule has 0 amide bonds. The minimum absolute atomic E-state index is 0.361. The Bertz CT molecular complexity index is 501. The molecule has 0 aromatic heterocycles. The van der Waals surface area contributed by atoms with Gasteiger partial charge in [-0.15, -0.1) is 11.8 Å². The van der Waals surface area contributed by atoms with Crippen LogP contribution in [0.2, 0.25) is 0 Å². The van der Waals surface area contributed by atoms with Gasteiger partial charge in [0.15, 0.2) is 0 Å². The second-order valence-electron chi connectivity index (χ2n) is 11.5. The Kier molecular flexibility index (Phi) is 21.3. The Morgan fingerprint density at radius 1 is 0.750 bits per heavy atom. The highest BCUT2D eigenvalue weighted by atomic mass is 32.2. The van der Waals surface area contributed by atoms with E-state index in [1.54, 1.807) is 0 Å². The SMILES string of the molecule is CCCCCCCCCCCCCCCCC1COC(COCCCCCCCCN2C=CSC2)C1. The molecule has 2 aliphatic rings. The van der Waals surface area contributed by atoms with E-state index in [2.05, 4.69) is 23.4 Å². The highest BCUT2D eigenvalue weighted by Gasteiger charge is 2.24. The summed E-state index contributed by atoms with van der Waals surface area (Å²) in [7, 11) is 0. The standard InChI is InChI=1S/C32H61NO2S/c1-2-3-4-5-6-7-8-9-10-11-12-13-16-19-22-31-27-32(35-28-31)29-34-25-21-18-15-14-17-20-23-33-24-26-36-30-33/h24,26,31-32H,2-23,25,27-30H2,1H3. The van der Waals surface area contributed by atoms with Crippen molar-refractivity contribution in [3.8, 4) is 0 Å². The Morgan fingerprint density at radius 3 is 1.94 bits per heavy atom. The van der Waals surface area contributed by atoms with E-state index in [4.69, 9.17) is 9.47 Å². The van der Waals surface area contributed by atoms with E-state index >= 15 is 0 Å². The van der Waals surface area contributed by atoms with Crippen LogP contribution in [0.5, 0.6) is 0 Å². The number of hydrogen-bond acceptors (Lipinski definition) is 4. The lowest BCUT2D eigenvalue weighted by atomic mass is 9.97. The van der Waals surface area contributed by atoms with Crippen molar-refractivity contribution in [2.75, 3.05) is 32.2 Å². The van der Waals surface area contributed by atoms with Crippen molar-refractivity contribution in [1.82, 2.24) is 4.90 Å². The first-order chi connectivity index (χ1) is 17.9. The molecular weight excluding hydrogens is 462 g/mol. The van der Waals surface area contributed by atoms with Crippen LogP contribution in [0.15, 0.2) is 11.6 Å². The van der Waals surface area contributed by atoms with Crippen LogP contribution < -0.4 is 0 Å². The molecule has 1 fully saturated rings. The third-order valence-corrected chi connectivity index (χ3v) is 8.82. The van der Waals surface area contributed by atoms with Gasteiger partial charge in [0.05, 0.1) is 18.6 Å². The Morgan fingerprint density at radius 2 is 1.33 bits per heavy atom. The monoisotopic (exact) mass is 523 g/mol. The largest absolute Gasteiger partial charge is 0.379 e. The molecule has 3 nitrogen and oxygen atoms in total. The van der Waals surface area contributed by atoms with Gasteiger partial charge in [0, 0.05) is 26.0 Å². The molecule has 0 radical (unpaired) electrons. The van der Waals surface area contributed by atoms with E-state index in [1.807, 2.05) is 11.8 Å². The summed E-state index contributed by atoms with van der Waals surface area (Å²) in [5.41, 5.74) is 0. The molecule has 36 heavy (non-hydrogen) atoms. The molecule has 2 rings (SSSR count). The molecule has 2 unspecified atom stereocenters. The minimum Gasteiger partial charge on any atom is -0.379 e. The zero-order chi connectivity index (χ0) is 25.4. The first-order valence-electron chi connectivity index (χ1n) is 16.1. The zero-order valence-electron chi connectivity index (χ0n) is 24.1. The summed E-state index contributed by atoms with van der Waals surface area (Å²) in [6, 6.07) is 0. The van der Waals surface area contributed by atoms with Crippen LogP contribution in [0.3, 0.4) is 0 Å². The molecule has 0 aromatic rings. The fraction of sp³-hybridized carbons (Fsp3) is 0.938. The lowest BCUT2D eigenvalue weighted by molar-refractivity contribution is 0.0153. The number of hydrogen-bond donors (Lipinski definition) is 0. The van der Waals surface area contributed by atoms with Crippen LogP contribution in [0.1, 0.15) is 148 Å². The van der Waals surface area contributed by atoms with E-state index in [-0.39, 0.29) is 0 Å². The fourth-order valence-electron chi connectivity index (χ4n) is 5.62. The normalized spacial score (nSPS) is 19.6. The second-order valence-corrected chi connectivity index (χ2v) is 12.4. The Balaban J connectivity index is 1.24. The summed E-state index contributed by atoms with van der Waals surface area (Å²) >= 11 is 1.90. The molecule has 0 bridgehead atoms. The predicted molar refractivity (Wildman–Crippen MR) is 160 cm³/mol. The quantitative estimate of drug-likeness (QED) is 0.105. The second kappa shape index (κ2) is 23.9. The van der Waals surface area contributed by atoms with Crippen molar-refractivity contribution in [1.29, 1.82) is 0 Å². The molecule has 0 aliphatic carbocycles. The van der Waals surface area contributed by atoms with Gasteiger partial charge in [0.1, 0.15) is 0 Å². The van der Waals surface area contributed by atoms with Gasteiger partial charge in [-0.05, 0) is 37.0 Å². The van der Waals surface area contributed by atoms with E-state index in [1.165, 1.54) is 148 Å². The van der Waals surface area contributed by atoms with Crippen molar-refractivity contribution in [3.05, 3.63) is 11.6 Å². The van der Waals surface area contributed by atoms with E-state index in [0.29, 0.717) is 6.10 Å². The van der Waals surface area contributed by atoms with Crippen molar-refractivity contribution in [3.63, 3.8) is 0 Å². The molecule has 0 saturated carbocycles. The number of unbranched alkanes of at least 4 members (excludes halogenated alkanes) is 18. The molecule has 4 heteroatoms. The smallest absolute Gasteiger partial charge is 0.0812 e. The maximum atomic E-state index is 6.01. The first-order valence-corrected chi connectivity index (χ1v) is 17.1. The van der Waals surface area contributed by atoms with Crippen LogP contribution in [-0.2, 0) is 9.47 Å². The molecule has 1 saturated heterocycles. The van der Waals surface area contributed by atoms with E-state index < -0.39 is 0 Å². The van der Waals surface area contributed by atoms with Gasteiger partial charge in [-0.1, -0.05) is 122 Å². The highest BCUT2D eigenvalue weighted by molar-refractivity contribution is 8.02. The summed E-state index contributed by atoms with van der Waals surface area (Å²) in [4.78, 5) is 2.42. The summed E-state index contributed by atoms with van der Waals surface area (Å²) < 4.78 is 12.0. The lowest BCUT2D eigenvalue weighted by Crippen LogP contribution is -2.15. The van der Waals surface area contributed by atoms with Gasteiger partial charge in [0.25, 0.3) is 0 Å². The molecule has 212 valence electrons. The van der Waals surface area contributed by atoms with Gasteiger partial charge in [-0.2, -0.15) is 0 Å². The summed E-state index contributed by atoms with van der Waals surface area (Å²) in [6.07, 6.45) is 33.3. The van der Waals surface area contributed by atoms with Crippen molar-refractivity contribution >= 4 is 11.8 Å². The average molecular weight is 524 g/mol. The molecule has 2 atom stereocenters. The van der Waals surface area contributed by atoms with Crippen molar-refractivity contribution in [2.24, 2.45) is 5.92 Å². The van der Waals surface area contributed by atoms with Gasteiger partial charge >= 0.3 is 0 Å². The van der Waals surface area contributed by atoms with E-state index in [0.717, 1.165) is 31.6 Å². The van der Waals surface area contributed by atoms with Crippen LogP contribution in [0.4, 0.5) is 0 Å². The van der Waals surface area contributed by atoms with Crippen LogP contribution in [-0.4, -0.2) is 43.2 Å². The molecule has 0 N–H and O–H groups in total. The highest BCUT2D eigenvalue weighted by Crippen LogP contribution is 2.25. The Labute approximate surface area is 229 Å². The number of nitrogens with zero attached hydrogens (tertiary/aromatic N) is 1. The number of thioether (sulfide) groups is 1. The Hall–Kier alpha value is -0.190. The summed E-state index contributed by atoms with van der Waals surface area (Å²) in [5, 5.41) is 2.21. The van der Waals surface area contributed by atoms with Crippen molar-refractivity contribution < 1.29 is 9.47 Å². The van der Waals surface area contributed by atoms with Gasteiger partial charge < -0.3 is 14.4 Å². The van der Waals surface area contributed by atoms with Crippen LogP contribution in [0.25, 0.3) is 0 Å². The molecule has 0 aromatic carbocycles. The maximum Gasteiger partial charge on any atom is 0.0812 e. The third-order valence-electron chi connectivity index (χ3n) is 8.03. The lowest BCUT2D eigenvalue weighted by Gasteiger charge is -2.13. The first kappa shape index (κ1) is 32.0. The van der Waals surface area contributed by atoms with Gasteiger partial charge in [-0.3, -0.25) is 0 Å². The van der Waals surface area contributed by atoms with Gasteiger partial charge in [-0.25, -0.2) is 0 Å². The topological polar surface area (TPSA) is 21.7 Å². The van der Waals surface area contributed by atoms with Gasteiger partial charge in [0.2, 0.25) is 0 Å². The summed E-state index contributed by atoms with van der Waals surface area (Å²) in [5.74, 6) is 1.94. The van der Waals surface area contributed by atoms with Crippen molar-refractivity contribution in [2.45, 2.75) is 154 Å². The third kappa shape index (κ3) is 18.1. The van der Waals surface area contributed by atoms with E-state index in [9.17, 15) is 0 Å². The number of ether oxygens (including phenoxy) is 2. The molecular formula is C32H61NO2S. The van der Waals surface area contributed by atoms with Crippen LogP contribution >= 0.6 is 11.8 Å². The predicted octanol–water partition coefficient (Wildman–Crippen LogP) is 10.1.